The van der Waals surface area contributed by atoms with Crippen LogP contribution >= 0.6 is 0 Å². The molecule has 1 amide bonds. The van der Waals surface area contributed by atoms with Crippen LogP contribution in [0.15, 0.2) is 48.5 Å². The molecule has 2 aromatic carbocycles. The molecule has 0 spiro atoms. The van der Waals surface area contributed by atoms with Gasteiger partial charge in [0.2, 0.25) is 0 Å². The number of hydrogen-bond donors (Lipinski definition) is 2. The lowest BCUT2D eigenvalue weighted by atomic mass is 9.68. The molecule has 1 aliphatic heterocycles. The predicted octanol–water partition coefficient (Wildman–Crippen LogP) is 4.75. The Hall–Kier alpha value is -2.33. The summed E-state index contributed by atoms with van der Waals surface area (Å²) in [6.45, 7) is 1.32. The van der Waals surface area contributed by atoms with Gasteiger partial charge in [-0.05, 0) is 78.7 Å². The Morgan fingerprint density at radius 3 is 2.79 bits per heavy atom. The molecule has 0 radical (unpaired) electrons. The van der Waals surface area contributed by atoms with E-state index in [0.29, 0.717) is 31.0 Å². The predicted molar refractivity (Wildman–Crippen MR) is 115 cm³/mol. The summed E-state index contributed by atoms with van der Waals surface area (Å²) in [7, 11) is 1.69. The number of fused-ring (bicyclic) bond motifs is 7. The van der Waals surface area contributed by atoms with Crippen LogP contribution in [0.5, 0.6) is 0 Å². The SMILES string of the molecule is COCCCNC(=O)c1ccc2c(c1)[C@@H]1[C@H]3CC[C@@H](C3)[C@@H]1[C@@H](c1ccccc1)N2. The van der Waals surface area contributed by atoms with Crippen LogP contribution < -0.4 is 10.6 Å². The molecule has 2 N–H and O–H groups in total. The van der Waals surface area contributed by atoms with Gasteiger partial charge in [-0.3, -0.25) is 4.79 Å². The molecular weight excluding hydrogens is 360 g/mol. The molecule has 5 atom stereocenters. The van der Waals surface area contributed by atoms with Crippen LogP contribution in [0.1, 0.15) is 59.1 Å². The summed E-state index contributed by atoms with van der Waals surface area (Å²) >= 11 is 0. The minimum Gasteiger partial charge on any atom is -0.385 e. The first kappa shape index (κ1) is 18.7. The van der Waals surface area contributed by atoms with Crippen molar-refractivity contribution in [2.45, 2.75) is 37.6 Å². The van der Waals surface area contributed by atoms with Gasteiger partial charge in [0.1, 0.15) is 0 Å². The van der Waals surface area contributed by atoms with Crippen molar-refractivity contribution in [1.29, 1.82) is 0 Å². The molecule has 29 heavy (non-hydrogen) atoms. The van der Waals surface area contributed by atoms with Gasteiger partial charge in [0, 0.05) is 31.5 Å². The molecule has 4 nitrogen and oxygen atoms in total. The highest BCUT2D eigenvalue weighted by Crippen LogP contribution is 2.63. The molecule has 4 heteroatoms. The first-order valence-corrected chi connectivity index (χ1v) is 11.0. The minimum absolute atomic E-state index is 0.0220. The van der Waals surface area contributed by atoms with E-state index in [-0.39, 0.29) is 5.91 Å². The van der Waals surface area contributed by atoms with Gasteiger partial charge >= 0.3 is 0 Å². The van der Waals surface area contributed by atoms with E-state index in [9.17, 15) is 4.79 Å². The maximum absolute atomic E-state index is 12.7. The van der Waals surface area contributed by atoms with E-state index in [1.165, 1.54) is 36.1 Å². The van der Waals surface area contributed by atoms with Crippen molar-refractivity contribution in [2.75, 3.05) is 25.6 Å². The van der Waals surface area contributed by atoms with Crippen molar-refractivity contribution in [1.82, 2.24) is 5.32 Å². The Balaban J connectivity index is 1.44. The van der Waals surface area contributed by atoms with Gasteiger partial charge in [-0.25, -0.2) is 0 Å². The minimum atomic E-state index is 0.0220. The molecule has 0 unspecified atom stereocenters. The van der Waals surface area contributed by atoms with Crippen LogP contribution in [0, 0.1) is 17.8 Å². The lowest BCUT2D eigenvalue weighted by Gasteiger charge is -2.43. The molecule has 0 saturated heterocycles. The fraction of sp³-hybridized carbons (Fsp3) is 0.480. The van der Waals surface area contributed by atoms with E-state index < -0.39 is 0 Å². The molecule has 2 aromatic rings. The largest absolute Gasteiger partial charge is 0.385 e. The van der Waals surface area contributed by atoms with Crippen LogP contribution in [0.2, 0.25) is 0 Å². The van der Waals surface area contributed by atoms with E-state index in [2.05, 4.69) is 53.1 Å². The quantitative estimate of drug-likeness (QED) is 0.700. The monoisotopic (exact) mass is 390 g/mol. The van der Waals surface area contributed by atoms with Gasteiger partial charge in [-0.15, -0.1) is 0 Å². The summed E-state index contributed by atoms with van der Waals surface area (Å²) in [4.78, 5) is 12.7. The van der Waals surface area contributed by atoms with Crippen molar-refractivity contribution < 1.29 is 9.53 Å². The highest BCUT2D eigenvalue weighted by Gasteiger charge is 2.53. The molecule has 2 bridgehead atoms. The van der Waals surface area contributed by atoms with E-state index in [1.807, 2.05) is 6.07 Å². The Bertz CT molecular complexity index is 882. The summed E-state index contributed by atoms with van der Waals surface area (Å²) in [5, 5.41) is 6.88. The first-order valence-electron chi connectivity index (χ1n) is 11.0. The van der Waals surface area contributed by atoms with Gasteiger partial charge in [0.15, 0.2) is 0 Å². The van der Waals surface area contributed by atoms with Crippen molar-refractivity contribution in [2.24, 2.45) is 17.8 Å². The first-order chi connectivity index (χ1) is 14.3. The third-order valence-electron chi connectivity index (χ3n) is 7.32. The molecular formula is C25H30N2O2. The highest BCUT2D eigenvalue weighted by molar-refractivity contribution is 5.95. The average Bonchev–Trinajstić information content (AvgIpc) is 3.39. The van der Waals surface area contributed by atoms with Crippen LogP contribution in [0.25, 0.3) is 0 Å². The maximum atomic E-state index is 12.7. The second-order valence-corrected chi connectivity index (χ2v) is 8.87. The Kier molecular flexibility index (Phi) is 5.04. The number of ether oxygens (including phenoxy) is 1. The summed E-state index contributed by atoms with van der Waals surface area (Å²) in [5.41, 5.74) is 4.74. The number of amides is 1. The van der Waals surface area contributed by atoms with Crippen molar-refractivity contribution >= 4 is 11.6 Å². The molecule has 152 valence electrons. The summed E-state index contributed by atoms with van der Waals surface area (Å²) in [6, 6.07) is 17.5. The van der Waals surface area contributed by atoms with E-state index in [0.717, 1.165) is 23.8 Å². The fourth-order valence-electron chi connectivity index (χ4n) is 6.14. The zero-order valence-corrected chi connectivity index (χ0v) is 17.1. The Morgan fingerprint density at radius 1 is 1.14 bits per heavy atom. The number of methoxy groups -OCH3 is 1. The molecule has 1 heterocycles. The standard InChI is InChI=1S/C25H30N2O2/c1-29-13-5-12-26-25(28)19-10-11-21-20(15-19)22-17-8-9-18(14-17)23(22)24(27-21)16-6-3-2-4-7-16/h2-4,6-7,10-11,15,17-18,22-24,27H,5,8-9,12-14H2,1H3,(H,26,28)/t17-,18-,22-,23-,24+/m0/s1. The second-order valence-electron chi connectivity index (χ2n) is 8.87. The molecule has 5 rings (SSSR count). The maximum Gasteiger partial charge on any atom is 0.251 e. The summed E-state index contributed by atoms with van der Waals surface area (Å²) in [6.07, 6.45) is 4.86. The molecule has 2 saturated carbocycles. The number of carbonyl (C=O) groups excluding carboxylic acids is 1. The normalized spacial score (nSPS) is 29.1. The van der Waals surface area contributed by atoms with E-state index >= 15 is 0 Å². The summed E-state index contributed by atoms with van der Waals surface area (Å²) in [5.74, 6) is 2.77. The molecule has 2 aliphatic carbocycles. The van der Waals surface area contributed by atoms with Gasteiger partial charge in [-0.2, -0.15) is 0 Å². The van der Waals surface area contributed by atoms with Gasteiger partial charge in [0.05, 0.1) is 6.04 Å². The number of rotatable bonds is 6. The number of carbonyl (C=O) groups is 1. The fourth-order valence-corrected chi connectivity index (χ4v) is 6.14. The average molecular weight is 391 g/mol. The van der Waals surface area contributed by atoms with Crippen LogP contribution in [0.4, 0.5) is 5.69 Å². The second kappa shape index (κ2) is 7.83. The Morgan fingerprint density at radius 2 is 1.97 bits per heavy atom. The van der Waals surface area contributed by atoms with E-state index in [1.54, 1.807) is 7.11 Å². The molecule has 2 fully saturated rings. The number of anilines is 1. The topological polar surface area (TPSA) is 50.4 Å². The highest BCUT2D eigenvalue weighted by atomic mass is 16.5. The number of benzene rings is 2. The lowest BCUT2D eigenvalue weighted by Crippen LogP contribution is -2.35. The van der Waals surface area contributed by atoms with Gasteiger partial charge in [0.25, 0.3) is 5.91 Å². The third kappa shape index (κ3) is 3.33. The van der Waals surface area contributed by atoms with Crippen LogP contribution in [-0.4, -0.2) is 26.2 Å². The number of nitrogens with one attached hydrogen (secondary N) is 2. The summed E-state index contributed by atoms with van der Waals surface area (Å²) < 4.78 is 5.07. The van der Waals surface area contributed by atoms with Crippen molar-refractivity contribution in [3.8, 4) is 0 Å². The number of hydrogen-bond acceptors (Lipinski definition) is 3. The lowest BCUT2D eigenvalue weighted by molar-refractivity contribution is 0.0948. The smallest absolute Gasteiger partial charge is 0.251 e. The van der Waals surface area contributed by atoms with Crippen LogP contribution in [-0.2, 0) is 4.74 Å². The van der Waals surface area contributed by atoms with Crippen molar-refractivity contribution in [3.05, 3.63) is 65.2 Å². The Labute approximate surface area is 173 Å². The van der Waals surface area contributed by atoms with Crippen LogP contribution in [0.3, 0.4) is 0 Å². The zero-order chi connectivity index (χ0) is 19.8. The van der Waals surface area contributed by atoms with E-state index in [4.69, 9.17) is 4.74 Å². The molecule has 0 aromatic heterocycles. The van der Waals surface area contributed by atoms with Crippen molar-refractivity contribution in [3.63, 3.8) is 0 Å². The third-order valence-corrected chi connectivity index (χ3v) is 7.32. The zero-order valence-electron chi connectivity index (χ0n) is 17.1. The molecule has 3 aliphatic rings. The van der Waals surface area contributed by atoms with Gasteiger partial charge in [-0.1, -0.05) is 30.3 Å². The van der Waals surface area contributed by atoms with Gasteiger partial charge < -0.3 is 15.4 Å².